The lowest BCUT2D eigenvalue weighted by atomic mass is 9.98. The summed E-state index contributed by atoms with van der Waals surface area (Å²) in [6.45, 7) is 8.63. The van der Waals surface area contributed by atoms with Crippen LogP contribution in [0.1, 0.15) is 44.7 Å². The molecule has 0 unspecified atom stereocenters. The zero-order chi connectivity index (χ0) is 23.4. The molecule has 33 heavy (non-hydrogen) atoms. The molecule has 1 fully saturated rings. The number of carbonyl (C=O) groups excluding carboxylic acids is 1. The second-order valence-electron chi connectivity index (χ2n) is 9.63. The second-order valence-corrected chi connectivity index (χ2v) is 9.63. The molecule has 7 heteroatoms. The molecule has 1 amide bonds. The topological polar surface area (TPSA) is 83.2 Å². The third kappa shape index (κ3) is 5.64. The monoisotopic (exact) mass is 445 g/mol. The van der Waals surface area contributed by atoms with Crippen molar-refractivity contribution in [3.8, 4) is 6.07 Å². The number of hydrogen-bond acceptors (Lipinski definition) is 5. The van der Waals surface area contributed by atoms with Crippen LogP contribution in [0.3, 0.4) is 0 Å². The molecule has 7 nitrogen and oxygen atoms in total. The normalized spacial score (nSPS) is 16.4. The Hall–Kier alpha value is -3.53. The average Bonchev–Trinajstić information content (AvgIpc) is 3.16. The first-order valence-electron chi connectivity index (χ1n) is 11.5. The zero-order valence-electron chi connectivity index (χ0n) is 19.5. The molecule has 1 N–H and O–H groups in total. The fraction of sp³-hybridized carbons (Fsp3) is 0.423. The third-order valence-electron chi connectivity index (χ3n) is 5.79. The number of nitrogens with zero attached hydrogens (tertiary/aromatic N) is 4. The molecule has 172 valence electrons. The van der Waals surface area contributed by atoms with E-state index < -0.39 is 5.60 Å². The highest BCUT2D eigenvalue weighted by Crippen LogP contribution is 2.28. The Kier molecular flexibility index (Phi) is 6.55. The van der Waals surface area contributed by atoms with Crippen molar-refractivity contribution in [1.82, 2.24) is 14.9 Å². The van der Waals surface area contributed by atoms with E-state index in [1.807, 2.05) is 63.2 Å². The van der Waals surface area contributed by atoms with Gasteiger partial charge in [-0.2, -0.15) is 5.26 Å². The number of aromatic nitrogens is 2. The van der Waals surface area contributed by atoms with Crippen LogP contribution in [0.15, 0.2) is 48.5 Å². The standard InChI is InChI=1S/C26H31N5O2/c1-26(2,3)33-25(32)28-16-21-7-6-14-30(17-21)24-29-22-8-4-5-9-23(22)31(24)18-20-12-10-19(15-27)11-13-20/h4-5,8-13,21H,6-7,14,16-18H2,1-3H3,(H,28,32)/t21-/m1/s1. The van der Waals surface area contributed by atoms with Crippen LogP contribution in [0.2, 0.25) is 0 Å². The fourth-order valence-electron chi connectivity index (χ4n) is 4.28. The van der Waals surface area contributed by atoms with Gasteiger partial charge in [-0.25, -0.2) is 9.78 Å². The third-order valence-corrected chi connectivity index (χ3v) is 5.79. The Morgan fingerprint density at radius 2 is 1.97 bits per heavy atom. The van der Waals surface area contributed by atoms with Crippen LogP contribution in [-0.4, -0.2) is 40.9 Å². The van der Waals surface area contributed by atoms with Crippen molar-refractivity contribution >= 4 is 23.1 Å². The molecule has 1 aromatic heterocycles. The second kappa shape index (κ2) is 9.53. The highest BCUT2D eigenvalue weighted by Gasteiger charge is 2.25. The van der Waals surface area contributed by atoms with Gasteiger partial charge in [-0.15, -0.1) is 0 Å². The minimum atomic E-state index is -0.501. The van der Waals surface area contributed by atoms with Gasteiger partial charge in [0, 0.05) is 19.6 Å². The fourth-order valence-corrected chi connectivity index (χ4v) is 4.28. The van der Waals surface area contributed by atoms with Crippen LogP contribution in [0.5, 0.6) is 0 Å². The maximum absolute atomic E-state index is 12.1. The molecule has 1 aliphatic heterocycles. The van der Waals surface area contributed by atoms with Gasteiger partial charge in [-0.3, -0.25) is 0 Å². The quantitative estimate of drug-likeness (QED) is 0.616. The van der Waals surface area contributed by atoms with Crippen molar-refractivity contribution in [2.24, 2.45) is 5.92 Å². The van der Waals surface area contributed by atoms with Gasteiger partial charge in [0.2, 0.25) is 5.95 Å². The largest absolute Gasteiger partial charge is 0.444 e. The molecule has 0 saturated carbocycles. The first kappa shape index (κ1) is 22.7. The molecule has 0 spiro atoms. The number of nitrogens with one attached hydrogen (secondary N) is 1. The van der Waals surface area contributed by atoms with Crippen LogP contribution in [0.4, 0.5) is 10.7 Å². The van der Waals surface area contributed by atoms with E-state index >= 15 is 0 Å². The van der Waals surface area contributed by atoms with E-state index in [9.17, 15) is 4.79 Å². The highest BCUT2D eigenvalue weighted by atomic mass is 16.6. The summed E-state index contributed by atoms with van der Waals surface area (Å²) in [7, 11) is 0. The van der Waals surface area contributed by atoms with E-state index in [-0.39, 0.29) is 6.09 Å². The Bertz CT molecular complexity index is 1150. The molecule has 0 bridgehead atoms. The Labute approximate surface area is 195 Å². The number of amides is 1. The van der Waals surface area contributed by atoms with Gasteiger partial charge in [0.15, 0.2) is 0 Å². The first-order chi connectivity index (χ1) is 15.8. The van der Waals surface area contributed by atoms with Crippen LogP contribution in [-0.2, 0) is 11.3 Å². The SMILES string of the molecule is CC(C)(C)OC(=O)NC[C@H]1CCCN(c2nc3ccccc3n2Cc2ccc(C#N)cc2)C1. The summed E-state index contributed by atoms with van der Waals surface area (Å²) < 4.78 is 7.63. The van der Waals surface area contributed by atoms with E-state index in [0.29, 0.717) is 24.6 Å². The Morgan fingerprint density at radius 1 is 1.21 bits per heavy atom. The van der Waals surface area contributed by atoms with Gasteiger partial charge in [0.05, 0.1) is 29.2 Å². The molecule has 0 radical (unpaired) electrons. The number of alkyl carbamates (subject to hydrolysis) is 1. The number of anilines is 1. The van der Waals surface area contributed by atoms with Crippen molar-refractivity contribution in [2.45, 2.75) is 45.8 Å². The summed E-state index contributed by atoms with van der Waals surface area (Å²) >= 11 is 0. The van der Waals surface area contributed by atoms with Crippen molar-refractivity contribution in [3.05, 3.63) is 59.7 Å². The molecular weight excluding hydrogens is 414 g/mol. The van der Waals surface area contributed by atoms with Crippen molar-refractivity contribution in [3.63, 3.8) is 0 Å². The number of piperidine rings is 1. The van der Waals surface area contributed by atoms with Gasteiger partial charge in [-0.05, 0) is 69.4 Å². The maximum atomic E-state index is 12.1. The maximum Gasteiger partial charge on any atom is 0.407 e. The molecule has 4 rings (SSSR count). The molecule has 1 aliphatic rings. The summed E-state index contributed by atoms with van der Waals surface area (Å²) in [4.78, 5) is 19.4. The molecule has 3 aromatic rings. The number of para-hydroxylation sites is 2. The molecule has 2 heterocycles. The van der Waals surface area contributed by atoms with Crippen molar-refractivity contribution < 1.29 is 9.53 Å². The zero-order valence-corrected chi connectivity index (χ0v) is 19.5. The minimum absolute atomic E-state index is 0.328. The smallest absolute Gasteiger partial charge is 0.407 e. The van der Waals surface area contributed by atoms with Crippen LogP contribution in [0.25, 0.3) is 11.0 Å². The van der Waals surface area contributed by atoms with E-state index in [1.54, 1.807) is 0 Å². The van der Waals surface area contributed by atoms with Gasteiger partial charge >= 0.3 is 6.09 Å². The van der Waals surface area contributed by atoms with Crippen molar-refractivity contribution in [1.29, 1.82) is 5.26 Å². The average molecular weight is 446 g/mol. The summed E-state index contributed by atoms with van der Waals surface area (Å²) in [6, 6.07) is 18.1. The van der Waals surface area contributed by atoms with E-state index in [2.05, 4.69) is 26.9 Å². The number of ether oxygens (including phenoxy) is 1. The summed E-state index contributed by atoms with van der Waals surface area (Å²) in [5.41, 5.74) is 3.34. The lowest BCUT2D eigenvalue weighted by molar-refractivity contribution is 0.0517. The van der Waals surface area contributed by atoms with E-state index in [1.165, 1.54) is 0 Å². The number of fused-ring (bicyclic) bond motifs is 1. The lowest BCUT2D eigenvalue weighted by Gasteiger charge is -2.34. The minimum Gasteiger partial charge on any atom is -0.444 e. The number of imidazole rings is 1. The van der Waals surface area contributed by atoms with Crippen LogP contribution < -0.4 is 10.2 Å². The molecule has 1 atom stereocenters. The van der Waals surface area contributed by atoms with Gasteiger partial charge in [-0.1, -0.05) is 24.3 Å². The first-order valence-corrected chi connectivity index (χ1v) is 11.5. The summed E-state index contributed by atoms with van der Waals surface area (Å²) in [5, 5.41) is 12.0. The summed E-state index contributed by atoms with van der Waals surface area (Å²) in [5.74, 6) is 1.27. The van der Waals surface area contributed by atoms with Gasteiger partial charge in [0.1, 0.15) is 5.60 Å². The van der Waals surface area contributed by atoms with Gasteiger partial charge < -0.3 is 19.5 Å². The lowest BCUT2D eigenvalue weighted by Crippen LogP contribution is -2.43. The van der Waals surface area contributed by atoms with E-state index in [4.69, 9.17) is 15.0 Å². The molecule has 0 aliphatic carbocycles. The van der Waals surface area contributed by atoms with Crippen LogP contribution in [0, 0.1) is 17.2 Å². The number of carbonyl (C=O) groups is 1. The molecule has 1 saturated heterocycles. The summed E-state index contributed by atoms with van der Waals surface area (Å²) in [6.07, 6.45) is 1.73. The van der Waals surface area contributed by atoms with E-state index in [0.717, 1.165) is 48.5 Å². The Balaban J connectivity index is 1.52. The number of hydrogen-bond donors (Lipinski definition) is 1. The van der Waals surface area contributed by atoms with Crippen LogP contribution >= 0.6 is 0 Å². The predicted octanol–water partition coefficient (Wildman–Crippen LogP) is 4.70. The highest BCUT2D eigenvalue weighted by molar-refractivity contribution is 5.79. The number of rotatable bonds is 5. The van der Waals surface area contributed by atoms with Gasteiger partial charge in [0.25, 0.3) is 0 Å². The number of benzene rings is 2. The van der Waals surface area contributed by atoms with Crippen molar-refractivity contribution in [2.75, 3.05) is 24.5 Å². The molecular formula is C26H31N5O2. The number of nitriles is 1. The molecule has 2 aromatic carbocycles. The Morgan fingerprint density at radius 3 is 2.70 bits per heavy atom. The predicted molar refractivity (Wildman–Crippen MR) is 129 cm³/mol.